The highest BCUT2D eigenvalue weighted by molar-refractivity contribution is 6.32. The monoisotopic (exact) mass is 239 g/mol. The third-order valence-corrected chi connectivity index (χ3v) is 2.34. The molecular formula is C9H10ClN5O. The topological polar surface area (TPSA) is 75.6 Å². The minimum Gasteiger partial charge on any atom is -0.367 e. The first kappa shape index (κ1) is 10.7. The summed E-state index contributed by atoms with van der Waals surface area (Å²) in [5.41, 5.74) is -0.349. The van der Waals surface area contributed by atoms with Gasteiger partial charge in [-0.3, -0.25) is 9.48 Å². The van der Waals surface area contributed by atoms with E-state index < -0.39 is 0 Å². The summed E-state index contributed by atoms with van der Waals surface area (Å²) in [6.07, 6.45) is 4.87. The lowest BCUT2D eigenvalue weighted by Crippen LogP contribution is -2.15. The first-order valence-electron chi connectivity index (χ1n) is 4.72. The maximum atomic E-state index is 11.1. The van der Waals surface area contributed by atoms with Crippen molar-refractivity contribution in [2.75, 3.05) is 11.9 Å². The summed E-state index contributed by atoms with van der Waals surface area (Å²) in [6.45, 7) is 1.27. The van der Waals surface area contributed by atoms with E-state index in [1.54, 1.807) is 10.9 Å². The van der Waals surface area contributed by atoms with Gasteiger partial charge < -0.3 is 10.3 Å². The summed E-state index contributed by atoms with van der Waals surface area (Å²) in [6, 6.07) is 1.85. The first-order chi connectivity index (χ1) is 7.77. The van der Waals surface area contributed by atoms with Crippen molar-refractivity contribution in [3.8, 4) is 0 Å². The van der Waals surface area contributed by atoms with Crippen LogP contribution in [0.25, 0.3) is 0 Å². The van der Waals surface area contributed by atoms with Gasteiger partial charge in [-0.05, 0) is 6.07 Å². The smallest absolute Gasteiger partial charge is 0.271 e. The van der Waals surface area contributed by atoms with Gasteiger partial charge in [0, 0.05) is 18.9 Å². The first-order valence-corrected chi connectivity index (χ1v) is 5.09. The fraction of sp³-hybridized carbons (Fsp3) is 0.222. The molecule has 0 aliphatic carbocycles. The predicted octanol–water partition coefficient (Wildman–Crippen LogP) is 0.732. The van der Waals surface area contributed by atoms with Crippen molar-refractivity contribution in [1.82, 2.24) is 19.7 Å². The van der Waals surface area contributed by atoms with Crippen molar-refractivity contribution in [3.05, 3.63) is 40.2 Å². The average Bonchev–Trinajstić information content (AvgIpc) is 2.77. The van der Waals surface area contributed by atoms with Crippen LogP contribution in [0.2, 0.25) is 5.02 Å². The SMILES string of the molecule is O=c1[nH]cnc(NCCn2cccn2)c1Cl. The number of rotatable bonds is 4. The number of aromatic nitrogens is 4. The van der Waals surface area contributed by atoms with Crippen LogP contribution in [0.1, 0.15) is 0 Å². The van der Waals surface area contributed by atoms with Crippen molar-refractivity contribution in [2.45, 2.75) is 6.54 Å². The molecule has 2 heterocycles. The molecule has 0 saturated carbocycles. The number of hydrogen-bond acceptors (Lipinski definition) is 4. The number of halogens is 1. The minimum atomic E-state index is -0.349. The molecule has 16 heavy (non-hydrogen) atoms. The molecule has 0 atom stereocenters. The zero-order valence-electron chi connectivity index (χ0n) is 8.35. The third-order valence-electron chi connectivity index (χ3n) is 1.99. The van der Waals surface area contributed by atoms with Crippen molar-refractivity contribution in [2.24, 2.45) is 0 Å². The van der Waals surface area contributed by atoms with Crippen LogP contribution in [0, 0.1) is 0 Å². The summed E-state index contributed by atoms with van der Waals surface area (Å²) < 4.78 is 1.77. The van der Waals surface area contributed by atoms with Gasteiger partial charge in [0.2, 0.25) is 0 Å². The van der Waals surface area contributed by atoms with Crippen molar-refractivity contribution >= 4 is 17.4 Å². The quantitative estimate of drug-likeness (QED) is 0.825. The van der Waals surface area contributed by atoms with Crippen molar-refractivity contribution < 1.29 is 0 Å². The number of aromatic amines is 1. The van der Waals surface area contributed by atoms with E-state index in [1.165, 1.54) is 6.33 Å². The lowest BCUT2D eigenvalue weighted by molar-refractivity contribution is 0.637. The van der Waals surface area contributed by atoms with Crippen LogP contribution in [-0.4, -0.2) is 26.3 Å². The van der Waals surface area contributed by atoms with Gasteiger partial charge in [-0.25, -0.2) is 4.98 Å². The van der Waals surface area contributed by atoms with E-state index in [9.17, 15) is 4.79 Å². The second-order valence-electron chi connectivity index (χ2n) is 3.09. The molecule has 0 radical (unpaired) electrons. The third kappa shape index (κ3) is 2.40. The highest BCUT2D eigenvalue weighted by Gasteiger charge is 2.04. The number of H-pyrrole nitrogens is 1. The zero-order chi connectivity index (χ0) is 11.4. The molecule has 0 bridgehead atoms. The normalized spacial score (nSPS) is 10.3. The van der Waals surface area contributed by atoms with E-state index in [4.69, 9.17) is 11.6 Å². The molecule has 2 aromatic rings. The lowest BCUT2D eigenvalue weighted by Gasteiger charge is -2.06. The Morgan fingerprint density at radius 1 is 1.56 bits per heavy atom. The second kappa shape index (κ2) is 4.80. The lowest BCUT2D eigenvalue weighted by atomic mass is 10.5. The van der Waals surface area contributed by atoms with Crippen LogP contribution in [-0.2, 0) is 6.54 Å². The van der Waals surface area contributed by atoms with Crippen molar-refractivity contribution in [3.63, 3.8) is 0 Å². The molecule has 7 heteroatoms. The molecule has 2 rings (SSSR count). The number of nitrogens with one attached hydrogen (secondary N) is 2. The summed E-state index contributed by atoms with van der Waals surface area (Å²) >= 11 is 5.76. The molecule has 0 aliphatic rings. The van der Waals surface area contributed by atoms with E-state index in [-0.39, 0.29) is 10.6 Å². The Balaban J connectivity index is 1.95. The van der Waals surface area contributed by atoms with Crippen LogP contribution in [0.3, 0.4) is 0 Å². The van der Waals surface area contributed by atoms with Crippen molar-refractivity contribution in [1.29, 1.82) is 0 Å². The van der Waals surface area contributed by atoms with Gasteiger partial charge in [-0.1, -0.05) is 11.6 Å². The summed E-state index contributed by atoms with van der Waals surface area (Å²) in [7, 11) is 0. The average molecular weight is 240 g/mol. The summed E-state index contributed by atoms with van der Waals surface area (Å²) in [5.74, 6) is 0.387. The van der Waals surface area contributed by atoms with Crippen LogP contribution in [0.15, 0.2) is 29.6 Å². The molecule has 0 unspecified atom stereocenters. The van der Waals surface area contributed by atoms with Crippen LogP contribution >= 0.6 is 11.6 Å². The molecule has 0 aliphatic heterocycles. The van der Waals surface area contributed by atoms with Crippen LogP contribution in [0.4, 0.5) is 5.82 Å². The Labute approximate surface area is 96.3 Å². The predicted molar refractivity (Wildman–Crippen MR) is 60.6 cm³/mol. The van der Waals surface area contributed by atoms with E-state index >= 15 is 0 Å². The highest BCUT2D eigenvalue weighted by Crippen LogP contribution is 2.11. The molecule has 84 valence electrons. The zero-order valence-corrected chi connectivity index (χ0v) is 9.11. The Morgan fingerprint density at radius 3 is 3.19 bits per heavy atom. The minimum absolute atomic E-state index is 0.0722. The standard InChI is InChI=1S/C9H10ClN5O/c10-7-8(12-6-13-9(7)16)11-3-5-15-4-1-2-14-15/h1-2,4,6H,3,5H2,(H2,11,12,13,16). The molecule has 0 amide bonds. The molecule has 0 aromatic carbocycles. The van der Waals surface area contributed by atoms with Gasteiger partial charge in [0.15, 0.2) is 5.82 Å². The molecule has 2 N–H and O–H groups in total. The number of anilines is 1. The molecule has 0 fully saturated rings. The fourth-order valence-electron chi connectivity index (χ4n) is 1.23. The van der Waals surface area contributed by atoms with E-state index in [1.807, 2.05) is 12.3 Å². The fourth-order valence-corrected chi connectivity index (χ4v) is 1.40. The molecule has 0 saturated heterocycles. The number of hydrogen-bond donors (Lipinski definition) is 2. The summed E-state index contributed by atoms with van der Waals surface area (Å²) in [4.78, 5) is 17.5. The Bertz CT molecular complexity index is 507. The highest BCUT2D eigenvalue weighted by atomic mass is 35.5. The Hall–Kier alpha value is -1.82. The van der Waals surface area contributed by atoms with E-state index in [2.05, 4.69) is 20.4 Å². The van der Waals surface area contributed by atoms with Gasteiger partial charge in [-0.15, -0.1) is 0 Å². The molecule has 0 spiro atoms. The number of nitrogens with zero attached hydrogens (tertiary/aromatic N) is 3. The maximum Gasteiger partial charge on any atom is 0.271 e. The van der Waals surface area contributed by atoms with Gasteiger partial charge >= 0.3 is 0 Å². The molecule has 2 aromatic heterocycles. The van der Waals surface area contributed by atoms with Gasteiger partial charge in [0.25, 0.3) is 5.56 Å². The second-order valence-corrected chi connectivity index (χ2v) is 3.47. The van der Waals surface area contributed by atoms with E-state index in [0.717, 1.165) is 0 Å². The summed E-state index contributed by atoms with van der Waals surface area (Å²) in [5, 5.41) is 7.08. The van der Waals surface area contributed by atoms with Crippen LogP contribution in [0.5, 0.6) is 0 Å². The van der Waals surface area contributed by atoms with Gasteiger partial charge in [0.05, 0.1) is 12.9 Å². The molecular weight excluding hydrogens is 230 g/mol. The van der Waals surface area contributed by atoms with Gasteiger partial charge in [0.1, 0.15) is 5.02 Å². The Kier molecular flexibility index (Phi) is 3.21. The maximum absolute atomic E-state index is 11.1. The van der Waals surface area contributed by atoms with E-state index in [0.29, 0.717) is 18.9 Å². The van der Waals surface area contributed by atoms with Gasteiger partial charge in [-0.2, -0.15) is 5.10 Å². The largest absolute Gasteiger partial charge is 0.367 e. The molecule has 6 nitrogen and oxygen atoms in total. The Morgan fingerprint density at radius 2 is 2.44 bits per heavy atom. The van der Waals surface area contributed by atoms with Crippen LogP contribution < -0.4 is 10.9 Å².